The van der Waals surface area contributed by atoms with Crippen LogP contribution in [0.1, 0.15) is 56.6 Å². The van der Waals surface area contributed by atoms with Crippen molar-refractivity contribution in [1.29, 1.82) is 0 Å². The van der Waals surface area contributed by atoms with Gasteiger partial charge in [0.2, 0.25) is 11.8 Å². The summed E-state index contributed by atoms with van der Waals surface area (Å²) < 4.78 is 40.2. The van der Waals surface area contributed by atoms with Crippen LogP contribution in [0, 0.1) is 6.92 Å². The quantitative estimate of drug-likeness (QED) is 0.238. The maximum atomic E-state index is 14.4. The van der Waals surface area contributed by atoms with Gasteiger partial charge < -0.3 is 19.7 Å². The first-order valence-electron chi connectivity index (χ1n) is 15.2. The van der Waals surface area contributed by atoms with Crippen LogP contribution in [0.25, 0.3) is 0 Å². The fourth-order valence-electron chi connectivity index (χ4n) is 5.71. The highest BCUT2D eigenvalue weighted by Gasteiger charge is 2.35. The van der Waals surface area contributed by atoms with Gasteiger partial charge in [0, 0.05) is 23.7 Å². The first kappa shape index (κ1) is 34.1. The molecule has 2 amide bonds. The molecule has 9 nitrogen and oxygen atoms in total. The summed E-state index contributed by atoms with van der Waals surface area (Å²) in [6.07, 6.45) is 5.43. The minimum atomic E-state index is -4.30. The number of halogens is 1. The number of benzene rings is 3. The molecule has 0 aromatic heterocycles. The largest absolute Gasteiger partial charge is 0.493 e. The molecule has 0 heterocycles. The number of carbonyl (C=O) groups excluding carboxylic acids is 2. The second kappa shape index (κ2) is 15.5. The summed E-state index contributed by atoms with van der Waals surface area (Å²) >= 11 is 6.14. The highest BCUT2D eigenvalue weighted by atomic mass is 35.5. The summed E-state index contributed by atoms with van der Waals surface area (Å²) in [6.45, 7) is 3.42. The van der Waals surface area contributed by atoms with E-state index in [1.54, 1.807) is 24.3 Å². The van der Waals surface area contributed by atoms with Gasteiger partial charge in [0.15, 0.2) is 11.5 Å². The van der Waals surface area contributed by atoms with E-state index in [-0.39, 0.29) is 34.8 Å². The molecule has 1 aliphatic carbocycles. The molecule has 1 aliphatic rings. The van der Waals surface area contributed by atoms with Gasteiger partial charge >= 0.3 is 0 Å². The second-order valence-electron chi connectivity index (χ2n) is 11.3. The van der Waals surface area contributed by atoms with Crippen LogP contribution in [0.3, 0.4) is 0 Å². The van der Waals surface area contributed by atoms with Crippen molar-refractivity contribution in [2.75, 3.05) is 25.1 Å². The SMILES string of the molecule is CC[C@@H](C(=O)NC1CCCCC1)N(Cc1cccc(C)c1)C(=O)CN(c1ccc(Cl)cc1)S(=O)(=O)c1ccc(OC)c(OC)c1. The summed E-state index contributed by atoms with van der Waals surface area (Å²) in [6, 6.07) is 17.5. The van der Waals surface area contributed by atoms with Gasteiger partial charge in [0.25, 0.3) is 10.0 Å². The van der Waals surface area contributed by atoms with Crippen molar-refractivity contribution in [3.05, 3.63) is 82.9 Å². The third-order valence-electron chi connectivity index (χ3n) is 8.11. The lowest BCUT2D eigenvalue weighted by Crippen LogP contribution is -2.54. The first-order chi connectivity index (χ1) is 21.6. The monoisotopic (exact) mass is 655 g/mol. The topological polar surface area (TPSA) is 105 Å². The molecule has 242 valence electrons. The normalized spacial score (nSPS) is 14.3. The number of rotatable bonds is 13. The van der Waals surface area contributed by atoms with E-state index in [1.807, 2.05) is 38.1 Å². The van der Waals surface area contributed by atoms with Gasteiger partial charge in [-0.05, 0) is 68.1 Å². The second-order valence-corrected chi connectivity index (χ2v) is 13.6. The van der Waals surface area contributed by atoms with Crippen LogP contribution >= 0.6 is 11.6 Å². The predicted molar refractivity (Wildman–Crippen MR) is 176 cm³/mol. The van der Waals surface area contributed by atoms with Gasteiger partial charge in [-0.3, -0.25) is 13.9 Å². The minimum Gasteiger partial charge on any atom is -0.493 e. The van der Waals surface area contributed by atoms with Gasteiger partial charge in [-0.15, -0.1) is 0 Å². The molecule has 0 spiro atoms. The average molecular weight is 656 g/mol. The van der Waals surface area contributed by atoms with Crippen LogP contribution < -0.4 is 19.1 Å². The van der Waals surface area contributed by atoms with E-state index in [2.05, 4.69) is 5.32 Å². The molecule has 0 bridgehead atoms. The first-order valence-corrected chi connectivity index (χ1v) is 17.0. The van der Waals surface area contributed by atoms with E-state index in [1.165, 1.54) is 37.3 Å². The van der Waals surface area contributed by atoms with E-state index in [4.69, 9.17) is 21.1 Å². The van der Waals surface area contributed by atoms with Gasteiger partial charge in [-0.2, -0.15) is 0 Å². The highest BCUT2D eigenvalue weighted by molar-refractivity contribution is 7.92. The Labute approximate surface area is 271 Å². The molecule has 1 N–H and O–H groups in total. The lowest BCUT2D eigenvalue weighted by atomic mass is 9.95. The van der Waals surface area contributed by atoms with Crippen LogP contribution in [0.15, 0.2) is 71.6 Å². The van der Waals surface area contributed by atoms with Crippen LogP contribution in [0.2, 0.25) is 5.02 Å². The van der Waals surface area contributed by atoms with Gasteiger partial charge in [0.1, 0.15) is 12.6 Å². The molecular formula is C34H42ClN3O6S. The van der Waals surface area contributed by atoms with Crippen molar-refractivity contribution in [3.63, 3.8) is 0 Å². The Morgan fingerprint density at radius 1 is 0.956 bits per heavy atom. The molecule has 1 fully saturated rings. The number of nitrogens with zero attached hydrogens (tertiary/aromatic N) is 2. The van der Waals surface area contributed by atoms with Crippen LogP contribution in [-0.2, 0) is 26.2 Å². The lowest BCUT2D eigenvalue weighted by molar-refractivity contribution is -0.140. The van der Waals surface area contributed by atoms with Crippen molar-refractivity contribution < 1.29 is 27.5 Å². The minimum absolute atomic E-state index is 0.0622. The number of sulfonamides is 1. The molecule has 3 aromatic rings. The third kappa shape index (κ3) is 8.49. The molecule has 1 atom stereocenters. The summed E-state index contributed by atoms with van der Waals surface area (Å²) in [5, 5.41) is 3.58. The van der Waals surface area contributed by atoms with Gasteiger partial charge in [-0.25, -0.2) is 8.42 Å². The summed E-state index contributed by atoms with van der Waals surface area (Å²) in [4.78, 5) is 29.5. The van der Waals surface area contributed by atoms with Crippen molar-refractivity contribution in [2.24, 2.45) is 0 Å². The van der Waals surface area contributed by atoms with E-state index >= 15 is 0 Å². The maximum Gasteiger partial charge on any atom is 0.264 e. The number of hydrogen-bond donors (Lipinski definition) is 1. The number of anilines is 1. The highest BCUT2D eigenvalue weighted by Crippen LogP contribution is 2.33. The lowest BCUT2D eigenvalue weighted by Gasteiger charge is -2.34. The van der Waals surface area contributed by atoms with Crippen molar-refractivity contribution in [2.45, 2.75) is 75.9 Å². The summed E-state index contributed by atoms with van der Waals surface area (Å²) in [5.74, 6) is -0.149. The Bertz CT molecular complexity index is 1570. The van der Waals surface area contributed by atoms with Crippen molar-refractivity contribution in [3.8, 4) is 11.5 Å². The Morgan fingerprint density at radius 3 is 2.27 bits per heavy atom. The predicted octanol–water partition coefficient (Wildman–Crippen LogP) is 6.12. The van der Waals surface area contributed by atoms with E-state index < -0.39 is 28.5 Å². The smallest absolute Gasteiger partial charge is 0.264 e. The van der Waals surface area contributed by atoms with Crippen molar-refractivity contribution >= 4 is 39.1 Å². The summed E-state index contributed by atoms with van der Waals surface area (Å²) in [7, 11) is -1.42. The molecule has 1 saturated carbocycles. The fraction of sp³-hybridized carbons (Fsp3) is 0.412. The average Bonchev–Trinajstić information content (AvgIpc) is 3.04. The number of methoxy groups -OCH3 is 2. The molecule has 0 unspecified atom stereocenters. The Hall–Kier alpha value is -3.76. The van der Waals surface area contributed by atoms with Gasteiger partial charge in [-0.1, -0.05) is 67.6 Å². The Kier molecular flexibility index (Phi) is 11.7. The Morgan fingerprint density at radius 2 is 1.64 bits per heavy atom. The number of carbonyl (C=O) groups is 2. The number of ether oxygens (including phenoxy) is 2. The molecule has 0 aliphatic heterocycles. The maximum absolute atomic E-state index is 14.4. The van der Waals surface area contributed by atoms with Crippen LogP contribution in [0.4, 0.5) is 5.69 Å². The number of aryl methyl sites for hydroxylation is 1. The molecule has 0 saturated heterocycles. The Balaban J connectivity index is 1.73. The van der Waals surface area contributed by atoms with Crippen LogP contribution in [-0.4, -0.2) is 58.0 Å². The molecule has 3 aromatic carbocycles. The van der Waals surface area contributed by atoms with E-state index in [9.17, 15) is 18.0 Å². The van der Waals surface area contributed by atoms with Gasteiger partial charge in [0.05, 0.1) is 24.8 Å². The molecule has 0 radical (unpaired) electrons. The molecule has 4 rings (SSSR count). The molecule has 45 heavy (non-hydrogen) atoms. The van der Waals surface area contributed by atoms with Crippen LogP contribution in [0.5, 0.6) is 11.5 Å². The zero-order valence-corrected chi connectivity index (χ0v) is 27.9. The zero-order chi connectivity index (χ0) is 32.6. The fourth-order valence-corrected chi connectivity index (χ4v) is 7.27. The third-order valence-corrected chi connectivity index (χ3v) is 10.1. The number of nitrogens with one attached hydrogen (secondary N) is 1. The van der Waals surface area contributed by atoms with E-state index in [0.29, 0.717) is 17.2 Å². The zero-order valence-electron chi connectivity index (χ0n) is 26.3. The molecule has 11 heteroatoms. The summed E-state index contributed by atoms with van der Waals surface area (Å²) in [5.41, 5.74) is 2.10. The van der Waals surface area contributed by atoms with Crippen molar-refractivity contribution in [1.82, 2.24) is 10.2 Å². The number of amides is 2. The number of hydrogen-bond acceptors (Lipinski definition) is 6. The standard InChI is InChI=1S/C34H42ClN3O6S/c1-5-30(34(40)36-27-12-7-6-8-13-27)37(22-25-11-9-10-24(2)20-25)33(39)23-38(28-16-14-26(35)15-17-28)45(41,42)29-18-19-31(43-3)32(21-29)44-4/h9-11,14-21,27,30H,5-8,12-13,22-23H2,1-4H3,(H,36,40)/t30-/m0/s1. The van der Waals surface area contributed by atoms with E-state index in [0.717, 1.165) is 47.5 Å². The molecular weight excluding hydrogens is 614 g/mol.